The molecule has 1 N–H and O–H groups in total. The molecule has 0 saturated carbocycles. The standard InChI is InChI=1S/C23H21N5O3S/c1-15-25-26-23(32-15)24-21(29)12-10-17-14-28(18-7-5-4-6-8-18)27-22(17)16-9-11-19(30-2)20(13-16)31-3/h4-14H,1-3H3,(H,24,26,29). The molecule has 4 rings (SSSR count). The van der Waals surface area contributed by atoms with Gasteiger partial charge in [0, 0.05) is 23.4 Å². The van der Waals surface area contributed by atoms with Crippen LogP contribution in [0, 0.1) is 6.92 Å². The van der Waals surface area contributed by atoms with Gasteiger partial charge in [0.2, 0.25) is 11.0 Å². The highest BCUT2D eigenvalue weighted by atomic mass is 32.1. The molecule has 0 fully saturated rings. The lowest BCUT2D eigenvalue weighted by atomic mass is 10.1. The molecule has 0 aliphatic carbocycles. The van der Waals surface area contributed by atoms with Gasteiger partial charge >= 0.3 is 0 Å². The lowest BCUT2D eigenvalue weighted by Gasteiger charge is -2.09. The van der Waals surface area contributed by atoms with E-state index < -0.39 is 0 Å². The summed E-state index contributed by atoms with van der Waals surface area (Å²) in [5.74, 6) is 0.924. The lowest BCUT2D eigenvalue weighted by molar-refractivity contribution is -0.111. The molecule has 32 heavy (non-hydrogen) atoms. The van der Waals surface area contributed by atoms with Gasteiger partial charge in [0.1, 0.15) is 10.7 Å². The van der Waals surface area contributed by atoms with Crippen molar-refractivity contribution >= 4 is 28.5 Å². The molecule has 2 aromatic heterocycles. The molecule has 8 nitrogen and oxygen atoms in total. The van der Waals surface area contributed by atoms with Gasteiger partial charge in [-0.25, -0.2) is 4.68 Å². The van der Waals surface area contributed by atoms with Crippen molar-refractivity contribution in [3.05, 3.63) is 71.4 Å². The third-order valence-electron chi connectivity index (χ3n) is 4.59. The van der Waals surface area contributed by atoms with Crippen molar-refractivity contribution in [3.8, 4) is 28.4 Å². The van der Waals surface area contributed by atoms with Gasteiger partial charge in [-0.2, -0.15) is 5.10 Å². The lowest BCUT2D eigenvalue weighted by Crippen LogP contribution is -2.07. The van der Waals surface area contributed by atoms with Crippen LogP contribution in [0.1, 0.15) is 10.6 Å². The van der Waals surface area contributed by atoms with E-state index in [-0.39, 0.29) is 5.91 Å². The molecule has 0 unspecified atom stereocenters. The van der Waals surface area contributed by atoms with E-state index in [0.717, 1.165) is 21.8 Å². The van der Waals surface area contributed by atoms with Gasteiger partial charge < -0.3 is 9.47 Å². The van der Waals surface area contributed by atoms with Crippen LogP contribution in [0.15, 0.2) is 60.8 Å². The number of aryl methyl sites for hydroxylation is 1. The second kappa shape index (κ2) is 9.44. The van der Waals surface area contributed by atoms with Crippen LogP contribution < -0.4 is 14.8 Å². The molecule has 162 valence electrons. The number of aromatic nitrogens is 4. The van der Waals surface area contributed by atoms with Gasteiger partial charge in [-0.15, -0.1) is 10.2 Å². The molecule has 9 heteroatoms. The van der Waals surface area contributed by atoms with E-state index in [1.54, 1.807) is 25.0 Å². The Labute approximate surface area is 189 Å². The number of para-hydroxylation sites is 1. The minimum absolute atomic E-state index is 0.299. The maximum absolute atomic E-state index is 12.4. The summed E-state index contributed by atoms with van der Waals surface area (Å²) >= 11 is 1.32. The normalized spacial score (nSPS) is 11.0. The first kappa shape index (κ1) is 21.3. The Kier molecular flexibility index (Phi) is 6.27. The number of ether oxygens (including phenoxy) is 2. The van der Waals surface area contributed by atoms with E-state index in [4.69, 9.17) is 14.6 Å². The summed E-state index contributed by atoms with van der Waals surface area (Å²) < 4.78 is 12.6. The van der Waals surface area contributed by atoms with E-state index in [9.17, 15) is 4.79 Å². The second-order valence-electron chi connectivity index (χ2n) is 6.73. The fourth-order valence-corrected chi connectivity index (χ4v) is 3.68. The Bertz CT molecular complexity index is 1260. The van der Waals surface area contributed by atoms with Crippen molar-refractivity contribution in [1.29, 1.82) is 0 Å². The zero-order valence-corrected chi connectivity index (χ0v) is 18.6. The number of carbonyl (C=O) groups is 1. The van der Waals surface area contributed by atoms with E-state index in [1.165, 1.54) is 17.4 Å². The van der Waals surface area contributed by atoms with Crippen molar-refractivity contribution in [3.63, 3.8) is 0 Å². The van der Waals surface area contributed by atoms with Crippen LogP contribution in [-0.2, 0) is 4.79 Å². The number of methoxy groups -OCH3 is 2. The molecular weight excluding hydrogens is 426 g/mol. The van der Waals surface area contributed by atoms with Crippen molar-refractivity contribution in [1.82, 2.24) is 20.0 Å². The van der Waals surface area contributed by atoms with Gasteiger partial charge in [-0.3, -0.25) is 10.1 Å². The molecule has 0 aliphatic heterocycles. The number of benzene rings is 2. The average Bonchev–Trinajstić information content (AvgIpc) is 3.43. The number of nitrogens with one attached hydrogen (secondary N) is 1. The highest BCUT2D eigenvalue weighted by molar-refractivity contribution is 7.15. The number of hydrogen-bond donors (Lipinski definition) is 1. The number of rotatable bonds is 7. The number of carbonyl (C=O) groups excluding carboxylic acids is 1. The van der Waals surface area contributed by atoms with Crippen molar-refractivity contribution in [2.45, 2.75) is 6.92 Å². The van der Waals surface area contributed by atoms with Crippen LogP contribution in [0.5, 0.6) is 11.5 Å². The Morgan fingerprint density at radius 2 is 1.84 bits per heavy atom. The summed E-state index contributed by atoms with van der Waals surface area (Å²) in [5, 5.41) is 16.5. The Hall–Kier alpha value is -3.98. The summed E-state index contributed by atoms with van der Waals surface area (Å²) in [6.07, 6.45) is 5.05. The Morgan fingerprint density at radius 1 is 1.06 bits per heavy atom. The molecule has 0 spiro atoms. The highest BCUT2D eigenvalue weighted by Crippen LogP contribution is 2.33. The van der Waals surface area contributed by atoms with Crippen LogP contribution in [0.4, 0.5) is 5.13 Å². The number of nitrogens with zero attached hydrogens (tertiary/aromatic N) is 4. The maximum atomic E-state index is 12.4. The predicted molar refractivity (Wildman–Crippen MR) is 124 cm³/mol. The zero-order valence-electron chi connectivity index (χ0n) is 17.8. The third kappa shape index (κ3) is 4.68. The molecule has 0 bridgehead atoms. The molecular formula is C23H21N5O3S. The van der Waals surface area contributed by atoms with E-state index in [1.807, 2.05) is 61.7 Å². The van der Waals surface area contributed by atoms with Gasteiger partial charge in [-0.1, -0.05) is 29.5 Å². The fraction of sp³-hybridized carbons (Fsp3) is 0.130. The van der Waals surface area contributed by atoms with E-state index in [2.05, 4.69) is 15.5 Å². The van der Waals surface area contributed by atoms with Crippen molar-refractivity contribution < 1.29 is 14.3 Å². The monoisotopic (exact) mass is 447 g/mol. The molecule has 2 aromatic carbocycles. The first-order chi connectivity index (χ1) is 15.6. The van der Waals surface area contributed by atoms with Crippen LogP contribution in [0.25, 0.3) is 23.0 Å². The van der Waals surface area contributed by atoms with Crippen molar-refractivity contribution in [2.24, 2.45) is 0 Å². The minimum Gasteiger partial charge on any atom is -0.493 e. The SMILES string of the molecule is COc1ccc(-c2nn(-c3ccccc3)cc2C=CC(=O)Nc2nnc(C)s2)cc1OC. The van der Waals surface area contributed by atoms with Gasteiger partial charge in [0.15, 0.2) is 11.5 Å². The van der Waals surface area contributed by atoms with E-state index in [0.29, 0.717) is 22.3 Å². The fourth-order valence-electron chi connectivity index (χ4n) is 3.09. The largest absolute Gasteiger partial charge is 0.493 e. The Balaban J connectivity index is 1.70. The summed E-state index contributed by atoms with van der Waals surface area (Å²) in [6, 6.07) is 15.3. The first-order valence-corrected chi connectivity index (χ1v) is 10.6. The van der Waals surface area contributed by atoms with Crippen LogP contribution in [0.2, 0.25) is 0 Å². The number of anilines is 1. The third-order valence-corrected chi connectivity index (χ3v) is 5.34. The minimum atomic E-state index is -0.299. The van der Waals surface area contributed by atoms with E-state index >= 15 is 0 Å². The molecule has 4 aromatic rings. The molecule has 0 radical (unpaired) electrons. The molecule has 0 aliphatic rings. The summed E-state index contributed by atoms with van der Waals surface area (Å²) in [4.78, 5) is 12.4. The predicted octanol–water partition coefficient (Wildman–Crippen LogP) is 4.37. The highest BCUT2D eigenvalue weighted by Gasteiger charge is 2.14. The van der Waals surface area contributed by atoms with Crippen LogP contribution in [-0.4, -0.2) is 40.1 Å². The van der Waals surface area contributed by atoms with Crippen LogP contribution >= 0.6 is 11.3 Å². The molecule has 2 heterocycles. The van der Waals surface area contributed by atoms with Crippen molar-refractivity contribution in [2.75, 3.05) is 19.5 Å². The Morgan fingerprint density at radius 3 is 2.53 bits per heavy atom. The first-order valence-electron chi connectivity index (χ1n) is 9.74. The molecule has 1 amide bonds. The molecule has 0 atom stereocenters. The molecule has 0 saturated heterocycles. The smallest absolute Gasteiger partial charge is 0.250 e. The number of amides is 1. The quantitative estimate of drug-likeness (QED) is 0.423. The summed E-state index contributed by atoms with van der Waals surface area (Å²) in [7, 11) is 3.18. The average molecular weight is 448 g/mol. The van der Waals surface area contributed by atoms with Crippen LogP contribution in [0.3, 0.4) is 0 Å². The summed E-state index contributed by atoms with van der Waals surface area (Å²) in [6.45, 7) is 1.83. The summed E-state index contributed by atoms with van der Waals surface area (Å²) in [5.41, 5.74) is 3.20. The number of hydrogen-bond acceptors (Lipinski definition) is 7. The second-order valence-corrected chi connectivity index (χ2v) is 7.91. The zero-order chi connectivity index (χ0) is 22.5. The van der Waals surface area contributed by atoms with Gasteiger partial charge in [-0.05, 0) is 43.3 Å². The maximum Gasteiger partial charge on any atom is 0.250 e. The van der Waals surface area contributed by atoms with Gasteiger partial charge in [0.05, 0.1) is 19.9 Å². The van der Waals surface area contributed by atoms with Gasteiger partial charge in [0.25, 0.3) is 0 Å². The topological polar surface area (TPSA) is 91.2 Å².